The Hall–Kier alpha value is -4.29. The van der Waals surface area contributed by atoms with Crippen LogP contribution in [0.4, 0.5) is 5.69 Å². The molecule has 47 heavy (non-hydrogen) atoms. The maximum absolute atomic E-state index is 9.77. The summed E-state index contributed by atoms with van der Waals surface area (Å²) in [6.07, 6.45) is 41.2. The highest BCUT2D eigenvalue weighted by molar-refractivity contribution is 5.64. The van der Waals surface area contributed by atoms with Gasteiger partial charge in [-0.3, -0.25) is 0 Å². The average molecular weight is 616 g/mol. The van der Waals surface area contributed by atoms with Crippen molar-refractivity contribution in [3.8, 4) is 6.07 Å². The van der Waals surface area contributed by atoms with E-state index in [2.05, 4.69) is 114 Å². The third-order valence-electron chi connectivity index (χ3n) is 12.1. The Balaban J connectivity index is 1.06. The minimum Gasteiger partial charge on any atom is -0.341 e. The lowest BCUT2D eigenvalue weighted by atomic mass is 9.73. The van der Waals surface area contributed by atoms with Gasteiger partial charge in [0.05, 0.1) is 17.7 Å². The van der Waals surface area contributed by atoms with Crippen LogP contribution >= 0.6 is 0 Å². The molecule has 2 heterocycles. The lowest BCUT2D eigenvalue weighted by Crippen LogP contribution is -2.37. The van der Waals surface area contributed by atoms with Gasteiger partial charge in [-0.2, -0.15) is 5.26 Å². The summed E-state index contributed by atoms with van der Waals surface area (Å²) in [6.45, 7) is 2.34. The minimum atomic E-state index is 0.351. The number of anilines is 1. The first-order valence-corrected chi connectivity index (χ1v) is 18.2. The molecule has 236 valence electrons. The van der Waals surface area contributed by atoms with E-state index in [-0.39, 0.29) is 0 Å². The summed E-state index contributed by atoms with van der Waals surface area (Å²) in [6, 6.07) is 11.6. The fourth-order valence-corrected chi connectivity index (χ4v) is 10.0. The molecule has 9 rings (SSSR count). The molecule has 2 aliphatic heterocycles. The average Bonchev–Trinajstić information content (AvgIpc) is 3.63. The quantitative estimate of drug-likeness (QED) is 0.316. The Bertz CT molecular complexity index is 1860. The summed E-state index contributed by atoms with van der Waals surface area (Å²) in [4.78, 5) is 5.40. The molecule has 0 radical (unpaired) electrons. The van der Waals surface area contributed by atoms with Gasteiger partial charge in [-0.1, -0.05) is 85.4 Å². The van der Waals surface area contributed by atoms with E-state index in [1.54, 1.807) is 22.3 Å². The Kier molecular flexibility index (Phi) is 7.22. The summed E-state index contributed by atoms with van der Waals surface area (Å²) in [5.74, 6) is 1.70. The molecule has 0 aromatic heterocycles. The first kappa shape index (κ1) is 28.9. The van der Waals surface area contributed by atoms with Crippen molar-refractivity contribution >= 4 is 5.69 Å². The lowest BCUT2D eigenvalue weighted by Gasteiger charge is -2.40. The predicted octanol–water partition coefficient (Wildman–Crippen LogP) is 10.3. The van der Waals surface area contributed by atoms with E-state index >= 15 is 0 Å². The van der Waals surface area contributed by atoms with Gasteiger partial charge in [-0.15, -0.1) is 0 Å². The molecular formula is C44H45N3. The smallest absolute Gasteiger partial charge is 0.0992 e. The molecule has 0 N–H and O–H groups in total. The predicted molar refractivity (Wildman–Crippen MR) is 192 cm³/mol. The van der Waals surface area contributed by atoms with Gasteiger partial charge in [-0.05, 0) is 117 Å². The molecule has 6 aliphatic carbocycles. The van der Waals surface area contributed by atoms with Crippen molar-refractivity contribution in [2.24, 2.45) is 23.7 Å². The fourth-order valence-electron chi connectivity index (χ4n) is 10.0. The molecule has 0 fully saturated rings. The molecule has 0 spiro atoms. The molecule has 0 saturated carbocycles. The van der Waals surface area contributed by atoms with Crippen LogP contribution in [0, 0.1) is 35.0 Å². The van der Waals surface area contributed by atoms with Crippen LogP contribution in [0.2, 0.25) is 0 Å². The van der Waals surface area contributed by atoms with Crippen molar-refractivity contribution in [1.29, 1.82) is 5.26 Å². The zero-order valence-corrected chi connectivity index (χ0v) is 27.6. The normalized spacial score (nSPS) is 32.3. The van der Waals surface area contributed by atoms with Gasteiger partial charge < -0.3 is 9.80 Å². The molecule has 1 aromatic carbocycles. The number of hydrogen-bond donors (Lipinski definition) is 0. The monoisotopic (exact) mass is 615 g/mol. The van der Waals surface area contributed by atoms with E-state index in [1.165, 1.54) is 60.5 Å². The zero-order chi connectivity index (χ0) is 31.5. The van der Waals surface area contributed by atoms with E-state index in [4.69, 9.17) is 0 Å². The topological polar surface area (TPSA) is 30.3 Å². The Morgan fingerprint density at radius 1 is 0.915 bits per heavy atom. The molecule has 3 heteroatoms. The molecule has 6 unspecified atom stereocenters. The van der Waals surface area contributed by atoms with Crippen LogP contribution in [0.15, 0.2) is 142 Å². The number of benzene rings is 1. The first-order valence-electron chi connectivity index (χ1n) is 18.2. The molecule has 3 nitrogen and oxygen atoms in total. The maximum atomic E-state index is 9.77. The summed E-state index contributed by atoms with van der Waals surface area (Å²) in [5, 5.41) is 9.77. The number of rotatable bonds is 4. The van der Waals surface area contributed by atoms with Crippen LogP contribution < -0.4 is 4.90 Å². The number of nitrogens with zero attached hydrogens (tertiary/aromatic N) is 3. The Labute approximate surface area is 280 Å². The van der Waals surface area contributed by atoms with Crippen LogP contribution in [-0.4, -0.2) is 17.0 Å². The van der Waals surface area contributed by atoms with Crippen LogP contribution in [0.1, 0.15) is 76.7 Å². The van der Waals surface area contributed by atoms with Gasteiger partial charge in [0.2, 0.25) is 0 Å². The molecule has 6 atom stereocenters. The standard InChI is InChI=1S/C44H45N3/c1-29-21-23-38-39-24-22-31(27-44(39)46(43(38)25-29)32-12-10-11-30(26-32)28-45)33-13-2-3-14-34(33)35-15-4-7-18-40(35)47-41-19-8-5-16-36(41)37-17-6-9-20-42(37)47/h2-3,8,10-13,15,17-19,21-24,26,29,31,34,38,42-43H,4-7,9,14,16,20,25,27H2,1H3. The van der Waals surface area contributed by atoms with Gasteiger partial charge in [0.15, 0.2) is 0 Å². The van der Waals surface area contributed by atoms with Crippen LogP contribution in [0.5, 0.6) is 0 Å². The van der Waals surface area contributed by atoms with Crippen LogP contribution in [0.25, 0.3) is 0 Å². The van der Waals surface area contributed by atoms with Crippen LogP contribution in [0.3, 0.4) is 0 Å². The fraction of sp³-hybridized carbons (Fsp3) is 0.386. The third kappa shape index (κ3) is 4.75. The van der Waals surface area contributed by atoms with Crippen molar-refractivity contribution in [3.05, 3.63) is 148 Å². The van der Waals surface area contributed by atoms with Gasteiger partial charge in [0.25, 0.3) is 0 Å². The molecule has 8 aliphatic rings. The molecule has 0 amide bonds. The second-order valence-corrected chi connectivity index (χ2v) is 14.8. The molecule has 0 bridgehead atoms. The van der Waals surface area contributed by atoms with E-state index in [0.29, 0.717) is 35.8 Å². The number of allylic oxidation sites excluding steroid dienone is 14. The van der Waals surface area contributed by atoms with Crippen molar-refractivity contribution in [2.75, 3.05) is 4.90 Å². The minimum absolute atomic E-state index is 0.351. The Morgan fingerprint density at radius 2 is 1.83 bits per heavy atom. The van der Waals surface area contributed by atoms with Gasteiger partial charge in [-0.25, -0.2) is 0 Å². The molecule has 0 saturated heterocycles. The zero-order valence-electron chi connectivity index (χ0n) is 27.6. The van der Waals surface area contributed by atoms with Gasteiger partial charge in [0, 0.05) is 46.6 Å². The molecule has 1 aromatic rings. The SMILES string of the molecule is CC1C=CC2C3=C(CC(C4=CC=CCC4C4=CCCC=C4N4C5=C(CCC=C5)C5=CCCCC54)C=C3)N(c3cccc(C#N)c3)C2C1. The van der Waals surface area contributed by atoms with E-state index in [9.17, 15) is 5.26 Å². The van der Waals surface area contributed by atoms with Crippen molar-refractivity contribution < 1.29 is 0 Å². The summed E-state index contributed by atoms with van der Waals surface area (Å²) in [5.41, 5.74) is 14.2. The largest absolute Gasteiger partial charge is 0.341 e. The van der Waals surface area contributed by atoms with Crippen molar-refractivity contribution in [3.63, 3.8) is 0 Å². The highest BCUT2D eigenvalue weighted by atomic mass is 15.2. The number of hydrogen-bond acceptors (Lipinski definition) is 3. The maximum Gasteiger partial charge on any atom is 0.0992 e. The summed E-state index contributed by atoms with van der Waals surface area (Å²) >= 11 is 0. The van der Waals surface area contributed by atoms with Gasteiger partial charge in [0.1, 0.15) is 0 Å². The lowest BCUT2D eigenvalue weighted by molar-refractivity contribution is 0.347. The second-order valence-electron chi connectivity index (χ2n) is 14.8. The van der Waals surface area contributed by atoms with E-state index in [0.717, 1.165) is 37.7 Å². The van der Waals surface area contributed by atoms with Crippen LogP contribution in [-0.2, 0) is 0 Å². The summed E-state index contributed by atoms with van der Waals surface area (Å²) in [7, 11) is 0. The molecular weight excluding hydrogens is 571 g/mol. The highest BCUT2D eigenvalue weighted by Crippen LogP contribution is 2.52. The summed E-state index contributed by atoms with van der Waals surface area (Å²) < 4.78 is 0. The second kappa shape index (κ2) is 11.7. The van der Waals surface area contributed by atoms with Gasteiger partial charge >= 0.3 is 0 Å². The first-order chi connectivity index (χ1) is 23.2. The Morgan fingerprint density at radius 3 is 2.77 bits per heavy atom. The number of fused-ring (bicyclic) bond motifs is 4. The van der Waals surface area contributed by atoms with Crippen molar-refractivity contribution in [1.82, 2.24) is 4.90 Å². The van der Waals surface area contributed by atoms with Crippen molar-refractivity contribution in [2.45, 2.75) is 83.2 Å². The highest BCUT2D eigenvalue weighted by Gasteiger charge is 2.45. The van der Waals surface area contributed by atoms with E-state index < -0.39 is 0 Å². The number of nitriles is 1. The van der Waals surface area contributed by atoms with E-state index in [1.807, 2.05) is 6.07 Å². The third-order valence-corrected chi connectivity index (χ3v) is 12.1.